The monoisotopic (exact) mass is 313 g/mol. The number of nitrogens with one attached hydrogen (secondary N) is 1. The molecule has 0 amide bonds. The van der Waals surface area contributed by atoms with Crippen molar-refractivity contribution in [1.82, 2.24) is 5.32 Å². The summed E-state index contributed by atoms with van der Waals surface area (Å²) in [6.45, 7) is 6.97. The first-order valence-electron chi connectivity index (χ1n) is 6.16. The third-order valence-electron chi connectivity index (χ3n) is 3.11. The topological polar surface area (TPSA) is 25.2 Å². The van der Waals surface area contributed by atoms with Gasteiger partial charge < -0.3 is 9.73 Å². The van der Waals surface area contributed by atoms with Gasteiger partial charge >= 0.3 is 0 Å². The van der Waals surface area contributed by atoms with Crippen molar-refractivity contribution >= 4 is 26.9 Å². The Bertz CT molecular complexity index is 564. The van der Waals surface area contributed by atoms with Crippen molar-refractivity contribution in [1.29, 1.82) is 0 Å². The van der Waals surface area contributed by atoms with Crippen LogP contribution >= 0.6 is 15.9 Å². The summed E-state index contributed by atoms with van der Waals surface area (Å²) in [4.78, 5) is 0. The highest BCUT2D eigenvalue weighted by Crippen LogP contribution is 2.35. The van der Waals surface area contributed by atoms with Gasteiger partial charge in [0.15, 0.2) is 5.58 Å². The third-order valence-corrected chi connectivity index (χ3v) is 3.73. The van der Waals surface area contributed by atoms with Gasteiger partial charge in [0.05, 0.1) is 15.9 Å². The summed E-state index contributed by atoms with van der Waals surface area (Å²) in [6.07, 6.45) is 1.06. The maximum atomic E-state index is 13.9. The molecule has 1 heterocycles. The number of aryl methyl sites for hydroxylation is 1. The molecule has 2 nitrogen and oxygen atoms in total. The molecule has 1 unspecified atom stereocenters. The van der Waals surface area contributed by atoms with E-state index in [-0.39, 0.29) is 11.9 Å². The maximum Gasteiger partial charge on any atom is 0.151 e. The molecule has 2 rings (SSSR count). The molecule has 2 aromatic rings. The van der Waals surface area contributed by atoms with Crippen molar-refractivity contribution in [3.8, 4) is 0 Å². The van der Waals surface area contributed by atoms with E-state index in [2.05, 4.69) is 28.2 Å². The van der Waals surface area contributed by atoms with Crippen molar-refractivity contribution in [3.63, 3.8) is 0 Å². The van der Waals surface area contributed by atoms with E-state index in [0.29, 0.717) is 11.0 Å². The van der Waals surface area contributed by atoms with Gasteiger partial charge in [0.2, 0.25) is 0 Å². The summed E-state index contributed by atoms with van der Waals surface area (Å²) in [5, 5.41) is 3.93. The highest BCUT2D eigenvalue weighted by molar-refractivity contribution is 9.10. The zero-order chi connectivity index (χ0) is 13.3. The summed E-state index contributed by atoms with van der Waals surface area (Å²) < 4.78 is 20.5. The molecule has 0 fully saturated rings. The van der Waals surface area contributed by atoms with Crippen molar-refractivity contribution in [2.24, 2.45) is 0 Å². The van der Waals surface area contributed by atoms with Crippen LogP contribution in [0.4, 0.5) is 4.39 Å². The first kappa shape index (κ1) is 13.6. The minimum absolute atomic E-state index is 0.0867. The molecule has 98 valence electrons. The Morgan fingerprint density at radius 3 is 2.78 bits per heavy atom. The van der Waals surface area contributed by atoms with Gasteiger partial charge in [-0.05, 0) is 54.9 Å². The lowest BCUT2D eigenvalue weighted by Crippen LogP contribution is -2.19. The van der Waals surface area contributed by atoms with Gasteiger partial charge in [-0.1, -0.05) is 6.92 Å². The van der Waals surface area contributed by atoms with Crippen molar-refractivity contribution in [2.45, 2.75) is 33.2 Å². The second-order valence-electron chi connectivity index (χ2n) is 4.50. The lowest BCUT2D eigenvalue weighted by Gasteiger charge is -2.11. The molecule has 4 heteroatoms. The van der Waals surface area contributed by atoms with E-state index in [1.165, 1.54) is 6.07 Å². The fourth-order valence-electron chi connectivity index (χ4n) is 2.16. The van der Waals surface area contributed by atoms with Gasteiger partial charge in [-0.3, -0.25) is 0 Å². The van der Waals surface area contributed by atoms with Crippen LogP contribution in [0.3, 0.4) is 0 Å². The minimum Gasteiger partial charge on any atom is -0.458 e. The second kappa shape index (κ2) is 5.41. The fourth-order valence-corrected chi connectivity index (χ4v) is 2.57. The summed E-state index contributed by atoms with van der Waals surface area (Å²) in [5.74, 6) is 0.577. The van der Waals surface area contributed by atoms with E-state index in [0.717, 1.165) is 28.8 Å². The number of hydrogen-bond acceptors (Lipinski definition) is 2. The van der Waals surface area contributed by atoms with Gasteiger partial charge in [0.25, 0.3) is 0 Å². The molecule has 1 aromatic carbocycles. The molecule has 0 aliphatic heterocycles. The summed E-state index contributed by atoms with van der Waals surface area (Å²) in [6, 6.07) is 3.22. The number of rotatable bonds is 4. The molecule has 1 N–H and O–H groups in total. The first-order valence-corrected chi connectivity index (χ1v) is 6.96. The zero-order valence-corrected chi connectivity index (χ0v) is 12.4. The summed E-state index contributed by atoms with van der Waals surface area (Å²) in [5.41, 5.74) is 1.47. The number of hydrogen-bond donors (Lipinski definition) is 1. The predicted octanol–water partition coefficient (Wildman–Crippen LogP) is 4.70. The van der Waals surface area contributed by atoms with Gasteiger partial charge in [0, 0.05) is 5.56 Å². The lowest BCUT2D eigenvalue weighted by molar-refractivity contribution is 0.448. The molecule has 0 radical (unpaired) electrons. The molecule has 1 atom stereocenters. The van der Waals surface area contributed by atoms with E-state index in [1.807, 2.05) is 13.8 Å². The average molecular weight is 314 g/mol. The van der Waals surface area contributed by atoms with Crippen LogP contribution in [-0.4, -0.2) is 6.54 Å². The number of fused-ring (bicyclic) bond motifs is 1. The molecule has 0 aliphatic carbocycles. The normalized spacial score (nSPS) is 13.2. The highest BCUT2D eigenvalue weighted by atomic mass is 79.9. The largest absolute Gasteiger partial charge is 0.458 e. The van der Waals surface area contributed by atoms with Crippen LogP contribution in [0.2, 0.25) is 0 Å². The predicted molar refractivity (Wildman–Crippen MR) is 75.3 cm³/mol. The molecular weight excluding hydrogens is 297 g/mol. The average Bonchev–Trinajstić information content (AvgIpc) is 2.70. The van der Waals surface area contributed by atoms with E-state index >= 15 is 0 Å². The zero-order valence-electron chi connectivity index (χ0n) is 10.8. The molecule has 0 aliphatic rings. The fraction of sp³-hybridized carbons (Fsp3) is 0.429. The quantitative estimate of drug-likeness (QED) is 0.884. The molecule has 1 aromatic heterocycles. The molecule has 0 spiro atoms. The molecule has 18 heavy (non-hydrogen) atoms. The van der Waals surface area contributed by atoms with Crippen LogP contribution in [0.1, 0.15) is 37.6 Å². The van der Waals surface area contributed by atoms with Crippen LogP contribution in [-0.2, 0) is 0 Å². The van der Waals surface area contributed by atoms with Crippen LogP contribution in [0.5, 0.6) is 0 Å². The summed E-state index contributed by atoms with van der Waals surface area (Å²) in [7, 11) is 0. The van der Waals surface area contributed by atoms with E-state index in [4.69, 9.17) is 4.42 Å². The Labute approximate surface area is 115 Å². The molecular formula is C14H17BrFNO. The van der Waals surface area contributed by atoms with Crippen molar-refractivity contribution in [3.05, 3.63) is 33.7 Å². The molecule has 0 saturated carbocycles. The Hall–Kier alpha value is -0.870. The van der Waals surface area contributed by atoms with Crippen LogP contribution in [0.25, 0.3) is 11.0 Å². The van der Waals surface area contributed by atoms with E-state index in [1.54, 1.807) is 6.07 Å². The third kappa shape index (κ3) is 2.31. The van der Waals surface area contributed by atoms with Gasteiger partial charge in [0.1, 0.15) is 11.6 Å². The van der Waals surface area contributed by atoms with E-state index in [9.17, 15) is 4.39 Å². The second-order valence-corrected chi connectivity index (χ2v) is 5.35. The minimum atomic E-state index is -0.233. The summed E-state index contributed by atoms with van der Waals surface area (Å²) >= 11 is 3.40. The van der Waals surface area contributed by atoms with Gasteiger partial charge in [-0.15, -0.1) is 0 Å². The van der Waals surface area contributed by atoms with Crippen molar-refractivity contribution in [2.75, 3.05) is 6.54 Å². The van der Waals surface area contributed by atoms with Crippen molar-refractivity contribution < 1.29 is 8.81 Å². The number of benzene rings is 1. The SMILES string of the molecule is CCCNC(C)c1oc2c(Br)ccc(F)c2c1C. The Kier molecular flexibility index (Phi) is 4.07. The Balaban J connectivity index is 2.50. The standard InChI is InChI=1S/C14H17BrFNO/c1-4-7-17-9(3)13-8(2)12-11(16)6-5-10(15)14(12)18-13/h5-6,9,17H,4,7H2,1-3H3. The lowest BCUT2D eigenvalue weighted by atomic mass is 10.1. The molecule has 0 saturated heterocycles. The number of furan rings is 1. The van der Waals surface area contributed by atoms with Crippen LogP contribution in [0.15, 0.2) is 21.0 Å². The highest BCUT2D eigenvalue weighted by Gasteiger charge is 2.20. The Morgan fingerprint density at radius 2 is 2.17 bits per heavy atom. The van der Waals surface area contributed by atoms with E-state index < -0.39 is 0 Å². The molecule has 0 bridgehead atoms. The maximum absolute atomic E-state index is 13.9. The van der Waals surface area contributed by atoms with Crippen LogP contribution < -0.4 is 5.32 Å². The van der Waals surface area contributed by atoms with Gasteiger partial charge in [-0.25, -0.2) is 4.39 Å². The van der Waals surface area contributed by atoms with Crippen LogP contribution in [0, 0.1) is 12.7 Å². The first-order chi connectivity index (χ1) is 8.56. The Morgan fingerprint density at radius 1 is 1.44 bits per heavy atom. The number of halogens is 2. The smallest absolute Gasteiger partial charge is 0.151 e. The van der Waals surface area contributed by atoms with Gasteiger partial charge in [-0.2, -0.15) is 0 Å².